The van der Waals surface area contributed by atoms with Gasteiger partial charge in [0.1, 0.15) is 6.17 Å². The van der Waals surface area contributed by atoms with Gasteiger partial charge in [-0.05, 0) is 19.3 Å². The molecular weight excluding hydrogens is 289 g/mol. The van der Waals surface area contributed by atoms with Gasteiger partial charge in [-0.1, -0.05) is 12.7 Å². The lowest BCUT2D eigenvalue weighted by atomic mass is 9.75. The number of likely N-dealkylation sites (tertiary alicyclic amines) is 1. The molecule has 0 aromatic carbocycles. The molecule has 1 saturated carbocycles. The van der Waals surface area contributed by atoms with Gasteiger partial charge in [0.25, 0.3) is 5.91 Å². The van der Waals surface area contributed by atoms with Crippen molar-refractivity contribution in [1.29, 1.82) is 5.26 Å². The second-order valence-corrected chi connectivity index (χ2v) is 5.88. The van der Waals surface area contributed by atoms with Crippen LogP contribution in [0.4, 0.5) is 4.39 Å². The summed E-state index contributed by atoms with van der Waals surface area (Å²) in [6.07, 6.45) is -0.251. The van der Waals surface area contributed by atoms with Gasteiger partial charge in [-0.15, -0.1) is 0 Å². The maximum absolute atomic E-state index is 14.1. The second-order valence-electron chi connectivity index (χ2n) is 5.88. The number of hydrogen-bond acceptors (Lipinski definition) is 4. The Balaban J connectivity index is 1.82. The van der Waals surface area contributed by atoms with E-state index in [1.165, 1.54) is 4.90 Å². The Kier molecular flexibility index (Phi) is 5.14. The lowest BCUT2D eigenvalue weighted by Gasteiger charge is -2.39. The molecule has 1 unspecified atom stereocenters. The van der Waals surface area contributed by atoms with Crippen LogP contribution < -0.4 is 5.32 Å². The fraction of sp³-hybridized carbons (Fsp3) is 0.667. The van der Waals surface area contributed by atoms with Gasteiger partial charge < -0.3 is 15.3 Å². The number of aliphatic hydroxyl groups excluding tert-OH is 1. The van der Waals surface area contributed by atoms with Gasteiger partial charge in [-0.2, -0.15) is 5.26 Å². The average molecular weight is 309 g/mol. The number of carbonyl (C=O) groups excluding carboxylic acids is 2. The zero-order valence-electron chi connectivity index (χ0n) is 12.2. The van der Waals surface area contributed by atoms with Crippen LogP contribution >= 0.6 is 0 Å². The highest BCUT2D eigenvalue weighted by Crippen LogP contribution is 2.35. The third kappa shape index (κ3) is 3.45. The Labute approximate surface area is 128 Å². The van der Waals surface area contributed by atoms with Crippen LogP contribution in [0.3, 0.4) is 0 Å². The first kappa shape index (κ1) is 16.4. The predicted molar refractivity (Wildman–Crippen MR) is 76.1 cm³/mol. The highest BCUT2D eigenvalue weighted by atomic mass is 19.1. The third-order valence-corrected chi connectivity index (χ3v) is 4.34. The standard InChI is InChI=1S/C15H20FN3O3/c1-2-13(20)14(21)18-12-3-4-19(8-11(12)16)15(22)10-5-9(6-10)7-17/h2,9-13,20H,1,3-6,8H2,(H,18,21)/t9?,10?,11-,12-,13?/m1/s1. The Morgan fingerprint density at radius 2 is 2.18 bits per heavy atom. The van der Waals surface area contributed by atoms with E-state index in [2.05, 4.69) is 18.0 Å². The fourth-order valence-corrected chi connectivity index (χ4v) is 2.83. The van der Waals surface area contributed by atoms with Crippen LogP contribution in [0.5, 0.6) is 0 Å². The van der Waals surface area contributed by atoms with Crippen molar-refractivity contribution in [3.8, 4) is 6.07 Å². The SMILES string of the molecule is C=CC(O)C(=O)N[C@@H]1CCN(C(=O)C2CC(C#N)C2)C[C@H]1F. The molecule has 7 heteroatoms. The van der Waals surface area contributed by atoms with Crippen molar-refractivity contribution in [2.75, 3.05) is 13.1 Å². The van der Waals surface area contributed by atoms with E-state index in [9.17, 15) is 19.1 Å². The summed E-state index contributed by atoms with van der Waals surface area (Å²) in [5.41, 5.74) is 0. The molecule has 0 aromatic rings. The normalized spacial score (nSPS) is 32.3. The molecule has 0 bridgehead atoms. The molecule has 3 atom stereocenters. The maximum Gasteiger partial charge on any atom is 0.253 e. The Morgan fingerprint density at radius 1 is 1.50 bits per heavy atom. The minimum absolute atomic E-state index is 0.0626. The van der Waals surface area contributed by atoms with Gasteiger partial charge in [0.15, 0.2) is 6.10 Å². The lowest BCUT2D eigenvalue weighted by molar-refractivity contribution is -0.142. The van der Waals surface area contributed by atoms with E-state index in [-0.39, 0.29) is 24.3 Å². The summed E-state index contributed by atoms with van der Waals surface area (Å²) in [6.45, 7) is 3.59. The number of nitrogens with zero attached hydrogens (tertiary/aromatic N) is 2. The highest BCUT2D eigenvalue weighted by Gasteiger charge is 2.40. The van der Waals surface area contributed by atoms with Crippen LogP contribution in [0.1, 0.15) is 19.3 Å². The number of alkyl halides is 1. The summed E-state index contributed by atoms with van der Waals surface area (Å²) in [6, 6.07) is 1.41. The van der Waals surface area contributed by atoms with E-state index in [1.807, 2.05) is 0 Å². The molecular formula is C15H20FN3O3. The molecule has 1 aliphatic heterocycles. The molecule has 2 fully saturated rings. The largest absolute Gasteiger partial charge is 0.379 e. The van der Waals surface area contributed by atoms with Crippen molar-refractivity contribution >= 4 is 11.8 Å². The number of nitriles is 1. The number of nitrogens with one attached hydrogen (secondary N) is 1. The number of rotatable bonds is 4. The number of hydrogen-bond donors (Lipinski definition) is 2. The van der Waals surface area contributed by atoms with E-state index >= 15 is 0 Å². The van der Waals surface area contributed by atoms with E-state index in [0.29, 0.717) is 25.8 Å². The topological polar surface area (TPSA) is 93.4 Å². The van der Waals surface area contributed by atoms with Crippen molar-refractivity contribution in [2.24, 2.45) is 11.8 Å². The molecule has 0 radical (unpaired) electrons. The van der Waals surface area contributed by atoms with Crippen molar-refractivity contribution in [1.82, 2.24) is 10.2 Å². The van der Waals surface area contributed by atoms with Crippen molar-refractivity contribution < 1.29 is 19.1 Å². The number of halogens is 1. The smallest absolute Gasteiger partial charge is 0.253 e. The molecule has 1 saturated heterocycles. The zero-order chi connectivity index (χ0) is 16.3. The Bertz CT molecular complexity index is 499. The van der Waals surface area contributed by atoms with Crippen molar-refractivity contribution in [3.63, 3.8) is 0 Å². The predicted octanol–water partition coefficient (Wildman–Crippen LogP) is 0.138. The van der Waals surface area contributed by atoms with Crippen molar-refractivity contribution in [2.45, 2.75) is 37.6 Å². The molecule has 1 aliphatic carbocycles. The minimum Gasteiger partial charge on any atom is -0.379 e. The van der Waals surface area contributed by atoms with Crippen LogP contribution in [0.15, 0.2) is 12.7 Å². The highest BCUT2D eigenvalue weighted by molar-refractivity contribution is 5.83. The van der Waals surface area contributed by atoms with E-state index in [4.69, 9.17) is 5.26 Å². The van der Waals surface area contributed by atoms with Crippen LogP contribution in [0.25, 0.3) is 0 Å². The van der Waals surface area contributed by atoms with Crippen LogP contribution in [-0.4, -0.2) is 53.2 Å². The summed E-state index contributed by atoms with van der Waals surface area (Å²) < 4.78 is 14.1. The first-order valence-electron chi connectivity index (χ1n) is 7.39. The van der Waals surface area contributed by atoms with Crippen LogP contribution in [-0.2, 0) is 9.59 Å². The van der Waals surface area contributed by atoms with Gasteiger partial charge in [-0.25, -0.2) is 4.39 Å². The molecule has 0 aromatic heterocycles. The number of carbonyl (C=O) groups is 2. The molecule has 22 heavy (non-hydrogen) atoms. The molecule has 2 aliphatic rings. The van der Waals surface area contributed by atoms with Crippen LogP contribution in [0, 0.1) is 23.2 Å². The van der Waals surface area contributed by atoms with Gasteiger partial charge in [0.2, 0.25) is 5.91 Å². The molecule has 1 heterocycles. The van der Waals surface area contributed by atoms with E-state index < -0.39 is 24.2 Å². The van der Waals surface area contributed by atoms with Gasteiger partial charge >= 0.3 is 0 Å². The van der Waals surface area contributed by atoms with Crippen LogP contribution in [0.2, 0.25) is 0 Å². The maximum atomic E-state index is 14.1. The Hall–Kier alpha value is -1.94. The second kappa shape index (κ2) is 6.88. The Morgan fingerprint density at radius 3 is 2.73 bits per heavy atom. The molecule has 2 N–H and O–H groups in total. The molecule has 0 spiro atoms. The van der Waals surface area contributed by atoms with Crippen molar-refractivity contribution in [3.05, 3.63) is 12.7 Å². The molecule has 6 nitrogen and oxygen atoms in total. The minimum atomic E-state index is -1.37. The average Bonchev–Trinajstić information content (AvgIpc) is 2.47. The number of piperidine rings is 1. The molecule has 2 rings (SSSR count). The third-order valence-electron chi connectivity index (χ3n) is 4.34. The van der Waals surface area contributed by atoms with Gasteiger partial charge in [0, 0.05) is 18.4 Å². The van der Waals surface area contributed by atoms with Gasteiger partial charge in [0.05, 0.1) is 18.7 Å². The summed E-state index contributed by atoms with van der Waals surface area (Å²) in [5, 5.41) is 20.5. The van der Waals surface area contributed by atoms with E-state index in [0.717, 1.165) is 6.08 Å². The molecule has 120 valence electrons. The summed E-state index contributed by atoms with van der Waals surface area (Å²) in [5.74, 6) is -1.03. The summed E-state index contributed by atoms with van der Waals surface area (Å²) in [4.78, 5) is 25.2. The summed E-state index contributed by atoms with van der Waals surface area (Å²) in [7, 11) is 0. The van der Waals surface area contributed by atoms with Gasteiger partial charge in [-0.3, -0.25) is 9.59 Å². The number of aliphatic hydroxyl groups is 1. The monoisotopic (exact) mass is 309 g/mol. The number of amides is 2. The summed E-state index contributed by atoms with van der Waals surface area (Å²) >= 11 is 0. The fourth-order valence-electron chi connectivity index (χ4n) is 2.83. The first-order valence-corrected chi connectivity index (χ1v) is 7.39. The quantitative estimate of drug-likeness (QED) is 0.722. The lowest BCUT2D eigenvalue weighted by Crippen LogP contribution is -2.56. The molecule has 2 amide bonds. The van der Waals surface area contributed by atoms with E-state index in [1.54, 1.807) is 0 Å². The zero-order valence-corrected chi connectivity index (χ0v) is 12.2. The first-order chi connectivity index (χ1) is 10.5.